The number of halogens is 1. The fraction of sp³-hybridized carbons (Fsp3) is 0.111. The van der Waals surface area contributed by atoms with Crippen molar-refractivity contribution < 1.29 is 5.11 Å². The van der Waals surface area contributed by atoms with E-state index in [1.807, 2.05) is 55.5 Å². The number of hydrogen-bond donors (Lipinski definition) is 2. The molecule has 2 heterocycles. The fourth-order valence-electron chi connectivity index (χ4n) is 2.77. The molecule has 0 aliphatic carbocycles. The molecule has 0 saturated carbocycles. The summed E-state index contributed by atoms with van der Waals surface area (Å²) < 4.78 is 2.42. The molecule has 0 fully saturated rings. The summed E-state index contributed by atoms with van der Waals surface area (Å²) in [7, 11) is 0. The molecule has 4 aromatic rings. The monoisotopic (exact) mass is 382 g/mol. The third-order valence-electron chi connectivity index (χ3n) is 4.01. The van der Waals surface area contributed by atoms with E-state index in [0.717, 1.165) is 32.3 Å². The van der Waals surface area contributed by atoms with Crippen LogP contribution in [0.3, 0.4) is 0 Å². The van der Waals surface area contributed by atoms with Crippen LogP contribution in [0.15, 0.2) is 53.0 Å². The zero-order valence-corrected chi connectivity index (χ0v) is 14.6. The summed E-state index contributed by atoms with van der Waals surface area (Å²) in [5.41, 5.74) is 4.44. The van der Waals surface area contributed by atoms with E-state index in [2.05, 4.69) is 31.0 Å². The average Bonchev–Trinajstić information content (AvgIpc) is 3.11. The highest BCUT2D eigenvalue weighted by atomic mass is 79.9. The summed E-state index contributed by atoms with van der Waals surface area (Å²) in [6.45, 7) is 1.90. The zero-order valence-electron chi connectivity index (χ0n) is 13.0. The number of benzene rings is 2. The second kappa shape index (κ2) is 5.79. The van der Waals surface area contributed by atoms with Crippen LogP contribution in [0.25, 0.3) is 17.0 Å². The Labute approximate surface area is 147 Å². The molecule has 2 N–H and O–H groups in total. The van der Waals surface area contributed by atoms with E-state index >= 15 is 0 Å². The Morgan fingerprint density at radius 3 is 2.75 bits per heavy atom. The van der Waals surface area contributed by atoms with Crippen LogP contribution in [-0.2, 0) is 6.42 Å². The Morgan fingerprint density at radius 1 is 1.17 bits per heavy atom. The largest absolute Gasteiger partial charge is 0.493 e. The average molecular weight is 383 g/mol. The number of aryl methyl sites for hydroxylation is 1. The Morgan fingerprint density at radius 2 is 1.96 bits per heavy atom. The van der Waals surface area contributed by atoms with Crippen LogP contribution in [0.4, 0.5) is 0 Å². The van der Waals surface area contributed by atoms with Crippen LogP contribution < -0.4 is 0 Å². The Kier molecular flexibility index (Phi) is 3.61. The normalized spacial score (nSPS) is 11.2. The Bertz CT molecular complexity index is 1020. The molecule has 0 radical (unpaired) electrons. The summed E-state index contributed by atoms with van der Waals surface area (Å²) in [4.78, 5) is 7.71. The first-order valence-electron chi connectivity index (χ1n) is 7.59. The number of hydrogen-bond acceptors (Lipinski definition) is 3. The number of rotatable bonds is 3. The van der Waals surface area contributed by atoms with E-state index in [1.54, 1.807) is 0 Å². The highest BCUT2D eigenvalue weighted by molar-refractivity contribution is 9.10. The molecule has 0 aliphatic heterocycles. The summed E-state index contributed by atoms with van der Waals surface area (Å²) in [6.07, 6.45) is 0.629. The first-order valence-corrected chi connectivity index (χ1v) is 8.38. The summed E-state index contributed by atoms with van der Waals surface area (Å²) in [5, 5.41) is 15.1. The molecule has 6 heteroatoms. The van der Waals surface area contributed by atoms with Crippen molar-refractivity contribution in [1.29, 1.82) is 0 Å². The molecule has 0 atom stereocenters. The van der Waals surface area contributed by atoms with Gasteiger partial charge in [-0.2, -0.15) is 9.78 Å². The molecular formula is C18H15BrN4O. The molecule has 2 aromatic carbocycles. The summed E-state index contributed by atoms with van der Waals surface area (Å²) in [6, 6.07) is 15.8. The van der Waals surface area contributed by atoms with Gasteiger partial charge in [-0.3, -0.25) is 0 Å². The van der Waals surface area contributed by atoms with Gasteiger partial charge in [-0.25, -0.2) is 4.98 Å². The van der Waals surface area contributed by atoms with Gasteiger partial charge in [-0.15, -0.1) is 0 Å². The van der Waals surface area contributed by atoms with Crippen molar-refractivity contribution in [3.8, 4) is 11.8 Å². The minimum absolute atomic E-state index is 0.120. The van der Waals surface area contributed by atoms with Crippen LogP contribution in [0.2, 0.25) is 0 Å². The van der Waals surface area contributed by atoms with E-state index in [4.69, 9.17) is 0 Å². The predicted molar refractivity (Wildman–Crippen MR) is 96.6 cm³/mol. The van der Waals surface area contributed by atoms with E-state index in [0.29, 0.717) is 12.4 Å². The van der Waals surface area contributed by atoms with Gasteiger partial charge in [-0.05, 0) is 30.7 Å². The fourth-order valence-corrected chi connectivity index (χ4v) is 3.12. The molecule has 0 unspecified atom stereocenters. The van der Waals surface area contributed by atoms with Crippen molar-refractivity contribution >= 4 is 27.0 Å². The maximum Gasteiger partial charge on any atom is 0.232 e. The Hall–Kier alpha value is -2.60. The molecule has 0 bridgehead atoms. The number of aromatic amines is 1. The maximum atomic E-state index is 10.6. The van der Waals surface area contributed by atoms with E-state index in [-0.39, 0.29) is 5.88 Å². The van der Waals surface area contributed by atoms with Gasteiger partial charge >= 0.3 is 0 Å². The lowest BCUT2D eigenvalue weighted by Crippen LogP contribution is -1.98. The van der Waals surface area contributed by atoms with Crippen molar-refractivity contribution in [2.45, 2.75) is 13.3 Å². The first kappa shape index (κ1) is 15.0. The SMILES string of the molecule is Cc1nn(-c2nc3cc(Br)ccc3[nH]2)c(O)c1Cc1ccccc1. The van der Waals surface area contributed by atoms with Crippen molar-refractivity contribution in [3.63, 3.8) is 0 Å². The molecule has 5 nitrogen and oxygen atoms in total. The number of nitrogens with zero attached hydrogens (tertiary/aromatic N) is 3. The number of nitrogens with one attached hydrogen (secondary N) is 1. The van der Waals surface area contributed by atoms with E-state index < -0.39 is 0 Å². The van der Waals surface area contributed by atoms with Crippen LogP contribution in [0.5, 0.6) is 5.88 Å². The lowest BCUT2D eigenvalue weighted by Gasteiger charge is -2.02. The van der Waals surface area contributed by atoms with Crippen molar-refractivity contribution in [1.82, 2.24) is 19.7 Å². The lowest BCUT2D eigenvalue weighted by atomic mass is 10.1. The number of H-pyrrole nitrogens is 1. The molecule has 0 spiro atoms. The molecule has 0 amide bonds. The minimum atomic E-state index is 0.120. The second-order valence-corrected chi connectivity index (χ2v) is 6.60. The van der Waals surface area contributed by atoms with Gasteiger partial charge < -0.3 is 10.1 Å². The van der Waals surface area contributed by atoms with Crippen LogP contribution in [0, 0.1) is 6.92 Å². The topological polar surface area (TPSA) is 66.7 Å². The van der Waals surface area contributed by atoms with Gasteiger partial charge in [0.2, 0.25) is 11.8 Å². The van der Waals surface area contributed by atoms with Crippen LogP contribution in [-0.4, -0.2) is 24.9 Å². The highest BCUT2D eigenvalue weighted by Crippen LogP contribution is 2.27. The third-order valence-corrected chi connectivity index (χ3v) is 4.51. The van der Waals surface area contributed by atoms with Gasteiger partial charge in [-0.1, -0.05) is 46.3 Å². The van der Waals surface area contributed by atoms with Gasteiger partial charge in [0.25, 0.3) is 0 Å². The van der Waals surface area contributed by atoms with Gasteiger partial charge in [0.15, 0.2) is 0 Å². The molecule has 0 aliphatic rings. The van der Waals surface area contributed by atoms with Crippen molar-refractivity contribution in [2.75, 3.05) is 0 Å². The molecule has 4 rings (SSSR count). The predicted octanol–water partition coefficient (Wildman–Crippen LogP) is 4.12. The van der Waals surface area contributed by atoms with Crippen molar-refractivity contribution in [2.24, 2.45) is 0 Å². The quantitative estimate of drug-likeness (QED) is 0.560. The lowest BCUT2D eigenvalue weighted by molar-refractivity contribution is 0.426. The van der Waals surface area contributed by atoms with Crippen LogP contribution in [0.1, 0.15) is 16.8 Å². The molecule has 0 saturated heterocycles. The number of fused-ring (bicyclic) bond motifs is 1. The van der Waals surface area contributed by atoms with Gasteiger partial charge in [0.05, 0.1) is 16.7 Å². The second-order valence-electron chi connectivity index (χ2n) is 5.68. The number of aromatic hydroxyl groups is 1. The smallest absolute Gasteiger partial charge is 0.232 e. The number of aromatic nitrogens is 4. The van der Waals surface area contributed by atoms with Crippen molar-refractivity contribution in [3.05, 3.63) is 69.8 Å². The number of imidazole rings is 1. The minimum Gasteiger partial charge on any atom is -0.493 e. The van der Waals surface area contributed by atoms with Gasteiger partial charge in [0, 0.05) is 16.5 Å². The summed E-state index contributed by atoms with van der Waals surface area (Å²) in [5.74, 6) is 0.623. The summed E-state index contributed by atoms with van der Waals surface area (Å²) >= 11 is 3.44. The Balaban J connectivity index is 1.77. The molecular weight excluding hydrogens is 368 g/mol. The zero-order chi connectivity index (χ0) is 16.7. The standard InChI is InChI=1S/C18H15BrN4O/c1-11-14(9-12-5-3-2-4-6-12)17(24)23(22-11)18-20-15-8-7-13(19)10-16(15)21-18/h2-8,10,24H,9H2,1H3,(H,20,21). The van der Waals surface area contributed by atoms with Crippen LogP contribution >= 0.6 is 15.9 Å². The first-order chi connectivity index (χ1) is 11.6. The highest BCUT2D eigenvalue weighted by Gasteiger charge is 2.18. The molecule has 24 heavy (non-hydrogen) atoms. The third kappa shape index (κ3) is 2.59. The van der Waals surface area contributed by atoms with Gasteiger partial charge in [0.1, 0.15) is 0 Å². The maximum absolute atomic E-state index is 10.6. The van der Waals surface area contributed by atoms with E-state index in [9.17, 15) is 5.11 Å². The van der Waals surface area contributed by atoms with E-state index in [1.165, 1.54) is 4.68 Å². The molecule has 120 valence electrons. The molecule has 2 aromatic heterocycles.